The van der Waals surface area contributed by atoms with E-state index in [-0.39, 0.29) is 12.2 Å². The van der Waals surface area contributed by atoms with Gasteiger partial charge in [-0.25, -0.2) is 4.79 Å². The molecule has 2 aromatic rings. The second kappa shape index (κ2) is 5.96. The number of rotatable bonds is 3. The largest absolute Gasteiger partial charge is 0.475 e. The Hall–Kier alpha value is -3.09. The first-order valence-corrected chi connectivity index (χ1v) is 6.96. The summed E-state index contributed by atoms with van der Waals surface area (Å²) >= 11 is 0. The van der Waals surface area contributed by atoms with Crippen molar-refractivity contribution in [1.29, 1.82) is 0 Å². The number of anilines is 2. The first-order valence-electron chi connectivity index (χ1n) is 6.96. The zero-order valence-electron chi connectivity index (χ0n) is 12.3. The Balaban J connectivity index is 2.11. The third-order valence-corrected chi connectivity index (χ3v) is 3.61. The van der Waals surface area contributed by atoms with Gasteiger partial charge in [-0.15, -0.1) is 0 Å². The molecule has 0 radical (unpaired) electrons. The summed E-state index contributed by atoms with van der Waals surface area (Å²) in [4.78, 5) is 24.4. The maximum atomic E-state index is 11.9. The van der Waals surface area contributed by atoms with Gasteiger partial charge in [0.25, 0.3) is 5.69 Å². The van der Waals surface area contributed by atoms with E-state index in [0.29, 0.717) is 17.1 Å². The van der Waals surface area contributed by atoms with Crippen LogP contribution < -0.4 is 9.64 Å². The van der Waals surface area contributed by atoms with E-state index in [1.165, 1.54) is 13.2 Å². The van der Waals surface area contributed by atoms with Crippen LogP contribution in [0.25, 0.3) is 0 Å². The van der Waals surface area contributed by atoms with Crippen molar-refractivity contribution < 1.29 is 19.2 Å². The average molecular weight is 314 g/mol. The molecule has 0 spiro atoms. The number of para-hydroxylation sites is 4. The topological polar surface area (TPSA) is 81.9 Å². The monoisotopic (exact) mass is 314 g/mol. The fourth-order valence-electron chi connectivity index (χ4n) is 2.56. The van der Waals surface area contributed by atoms with Crippen LogP contribution in [0.2, 0.25) is 0 Å². The molecule has 0 fully saturated rings. The predicted octanol–water partition coefficient (Wildman–Crippen LogP) is 2.67. The normalized spacial score (nSPS) is 16.2. The number of carbonyl (C=O) groups excluding carboxylic acids is 1. The highest BCUT2D eigenvalue weighted by molar-refractivity contribution is 5.82. The van der Waals surface area contributed by atoms with Gasteiger partial charge in [0.15, 0.2) is 0 Å². The lowest BCUT2D eigenvalue weighted by Crippen LogP contribution is -2.43. The number of benzene rings is 2. The van der Waals surface area contributed by atoms with Gasteiger partial charge in [0, 0.05) is 6.07 Å². The number of hydrogen-bond donors (Lipinski definition) is 0. The van der Waals surface area contributed by atoms with Crippen LogP contribution >= 0.6 is 0 Å². The van der Waals surface area contributed by atoms with Crippen molar-refractivity contribution >= 4 is 23.0 Å². The van der Waals surface area contributed by atoms with Gasteiger partial charge in [-0.05, 0) is 18.2 Å². The summed E-state index contributed by atoms with van der Waals surface area (Å²) in [5, 5.41) is 11.3. The number of ether oxygens (including phenoxy) is 2. The standard InChI is InChI=1S/C16H14N2O5/c1-22-16(19)15-10-17(13-8-4-5-9-14(13)23-15)11-6-2-3-7-12(11)18(20)21/h2-9,15H,10H2,1H3/t15-/m0/s1. The molecule has 7 nitrogen and oxygen atoms in total. The Kier molecular flexibility index (Phi) is 3.84. The van der Waals surface area contributed by atoms with Gasteiger partial charge < -0.3 is 14.4 Å². The molecule has 0 N–H and O–H groups in total. The Morgan fingerprint density at radius 3 is 2.57 bits per heavy atom. The molecule has 1 heterocycles. The van der Waals surface area contributed by atoms with Gasteiger partial charge in [0.1, 0.15) is 11.4 Å². The van der Waals surface area contributed by atoms with E-state index in [2.05, 4.69) is 0 Å². The Labute approximate surface area is 132 Å². The fourth-order valence-corrected chi connectivity index (χ4v) is 2.56. The second-order valence-electron chi connectivity index (χ2n) is 4.95. The lowest BCUT2D eigenvalue weighted by Gasteiger charge is -2.34. The fraction of sp³-hybridized carbons (Fsp3) is 0.188. The van der Waals surface area contributed by atoms with E-state index in [4.69, 9.17) is 9.47 Å². The molecule has 0 bridgehead atoms. The molecule has 0 aliphatic carbocycles. The number of fused-ring (bicyclic) bond motifs is 1. The van der Waals surface area contributed by atoms with Gasteiger partial charge in [0.05, 0.1) is 24.3 Å². The number of nitrogens with zero attached hydrogens (tertiary/aromatic N) is 2. The van der Waals surface area contributed by atoms with Crippen LogP contribution in [0.5, 0.6) is 5.75 Å². The van der Waals surface area contributed by atoms with E-state index >= 15 is 0 Å². The minimum atomic E-state index is -0.852. The zero-order valence-corrected chi connectivity index (χ0v) is 12.3. The molecule has 0 unspecified atom stereocenters. The first-order chi connectivity index (χ1) is 11.1. The number of carbonyl (C=O) groups is 1. The molecule has 2 aromatic carbocycles. The van der Waals surface area contributed by atoms with Crippen molar-refractivity contribution in [2.24, 2.45) is 0 Å². The van der Waals surface area contributed by atoms with Crippen molar-refractivity contribution in [2.45, 2.75) is 6.10 Å². The zero-order chi connectivity index (χ0) is 16.4. The molecule has 3 rings (SSSR count). The summed E-state index contributed by atoms with van der Waals surface area (Å²) in [5.41, 5.74) is 1.04. The Morgan fingerprint density at radius 2 is 1.87 bits per heavy atom. The first kappa shape index (κ1) is 14.8. The van der Waals surface area contributed by atoms with Crippen LogP contribution in [0.1, 0.15) is 0 Å². The summed E-state index contributed by atoms with van der Waals surface area (Å²) in [5.74, 6) is -0.0459. The SMILES string of the molecule is COC(=O)[C@@H]1CN(c2ccccc2[N+](=O)[O-])c2ccccc2O1. The molecule has 0 amide bonds. The molecule has 0 aromatic heterocycles. The summed E-state index contributed by atoms with van der Waals surface area (Å²) in [6.45, 7) is 0.133. The molecule has 1 aliphatic rings. The van der Waals surface area contributed by atoms with Crippen LogP contribution in [0, 0.1) is 10.1 Å². The molecule has 0 saturated heterocycles. The molecule has 1 aliphatic heterocycles. The number of nitro benzene ring substituents is 1. The molecular weight excluding hydrogens is 300 g/mol. The highest BCUT2D eigenvalue weighted by atomic mass is 16.6. The van der Waals surface area contributed by atoms with Crippen molar-refractivity contribution in [3.8, 4) is 5.75 Å². The third kappa shape index (κ3) is 2.68. The van der Waals surface area contributed by atoms with E-state index in [9.17, 15) is 14.9 Å². The molecule has 118 valence electrons. The maximum Gasteiger partial charge on any atom is 0.348 e. The van der Waals surface area contributed by atoms with Crippen LogP contribution in [0.15, 0.2) is 48.5 Å². The summed E-state index contributed by atoms with van der Waals surface area (Å²) in [6, 6.07) is 13.5. The Morgan fingerprint density at radius 1 is 1.22 bits per heavy atom. The smallest absolute Gasteiger partial charge is 0.348 e. The van der Waals surface area contributed by atoms with E-state index in [1.807, 2.05) is 6.07 Å². The quantitative estimate of drug-likeness (QED) is 0.492. The number of methoxy groups -OCH3 is 1. The maximum absolute atomic E-state index is 11.9. The second-order valence-corrected chi connectivity index (χ2v) is 4.95. The van der Waals surface area contributed by atoms with E-state index in [1.54, 1.807) is 41.3 Å². The van der Waals surface area contributed by atoms with Gasteiger partial charge in [0.2, 0.25) is 6.10 Å². The number of nitro groups is 1. The molecular formula is C16H14N2O5. The van der Waals surface area contributed by atoms with Crippen molar-refractivity contribution in [3.05, 3.63) is 58.6 Å². The van der Waals surface area contributed by atoms with Crippen LogP contribution in [0.3, 0.4) is 0 Å². The van der Waals surface area contributed by atoms with Crippen molar-refractivity contribution in [2.75, 3.05) is 18.6 Å². The van der Waals surface area contributed by atoms with Crippen molar-refractivity contribution in [1.82, 2.24) is 0 Å². The van der Waals surface area contributed by atoms with Gasteiger partial charge >= 0.3 is 5.97 Å². The molecule has 1 atom stereocenters. The van der Waals surface area contributed by atoms with Gasteiger partial charge in [-0.2, -0.15) is 0 Å². The number of hydrogen-bond acceptors (Lipinski definition) is 6. The highest BCUT2D eigenvalue weighted by Crippen LogP contribution is 2.41. The average Bonchev–Trinajstić information content (AvgIpc) is 2.60. The predicted molar refractivity (Wildman–Crippen MR) is 83.0 cm³/mol. The molecule has 0 saturated carbocycles. The Bertz CT molecular complexity index is 762. The lowest BCUT2D eigenvalue weighted by molar-refractivity contribution is -0.384. The third-order valence-electron chi connectivity index (χ3n) is 3.61. The minimum absolute atomic E-state index is 0.0344. The van der Waals surface area contributed by atoms with Crippen LogP contribution in [-0.4, -0.2) is 30.7 Å². The molecule has 23 heavy (non-hydrogen) atoms. The van der Waals surface area contributed by atoms with Crippen LogP contribution in [-0.2, 0) is 9.53 Å². The lowest BCUT2D eigenvalue weighted by atomic mass is 10.1. The van der Waals surface area contributed by atoms with E-state index < -0.39 is 17.0 Å². The van der Waals surface area contributed by atoms with Gasteiger partial charge in [-0.3, -0.25) is 10.1 Å². The van der Waals surface area contributed by atoms with Crippen molar-refractivity contribution in [3.63, 3.8) is 0 Å². The van der Waals surface area contributed by atoms with Crippen LogP contribution in [0.4, 0.5) is 17.1 Å². The molecule has 7 heteroatoms. The van der Waals surface area contributed by atoms with E-state index in [0.717, 1.165) is 0 Å². The summed E-state index contributed by atoms with van der Waals surface area (Å²) < 4.78 is 10.4. The highest BCUT2D eigenvalue weighted by Gasteiger charge is 2.34. The summed E-state index contributed by atoms with van der Waals surface area (Å²) in [6.07, 6.45) is -0.852. The number of esters is 1. The van der Waals surface area contributed by atoms with Gasteiger partial charge in [-0.1, -0.05) is 24.3 Å². The minimum Gasteiger partial charge on any atom is -0.475 e. The summed E-state index contributed by atoms with van der Waals surface area (Å²) in [7, 11) is 1.28.